The molecule has 0 saturated carbocycles. The van der Waals surface area contributed by atoms with Gasteiger partial charge >= 0.3 is 12.0 Å². The van der Waals surface area contributed by atoms with Crippen molar-refractivity contribution in [2.75, 3.05) is 18.4 Å². The highest BCUT2D eigenvalue weighted by Crippen LogP contribution is 2.42. The van der Waals surface area contributed by atoms with Gasteiger partial charge < -0.3 is 30.0 Å². The minimum atomic E-state index is -0.655. The summed E-state index contributed by atoms with van der Waals surface area (Å²) in [6, 6.07) is 24.4. The summed E-state index contributed by atoms with van der Waals surface area (Å²) in [5.74, 6) is -0.210. The van der Waals surface area contributed by atoms with Crippen LogP contribution in [-0.2, 0) is 32.2 Å². The van der Waals surface area contributed by atoms with Crippen molar-refractivity contribution in [3.63, 3.8) is 0 Å². The summed E-state index contributed by atoms with van der Waals surface area (Å²) in [6.07, 6.45) is 0.526. The van der Waals surface area contributed by atoms with E-state index in [1.54, 1.807) is 0 Å². The first-order chi connectivity index (χ1) is 21.6. The molecular formula is C36H45N3O6. The number of hydrogen-bond acceptors (Lipinski definition) is 7. The van der Waals surface area contributed by atoms with Gasteiger partial charge in [-0.15, -0.1) is 0 Å². The molecule has 0 bridgehead atoms. The SMILES string of the molecule is C[C@H]1[C@@H](CN2CCC[C@H]2C(=O)OC(C)(C)C)O[C@@H](c2ccc(NC(=O)NCc3ccccc3)cc2)O[C@H]1c1ccc(CO)cc1. The summed E-state index contributed by atoms with van der Waals surface area (Å²) in [5.41, 5.74) is 3.78. The lowest BCUT2D eigenvalue weighted by Gasteiger charge is -2.43. The molecule has 45 heavy (non-hydrogen) atoms. The van der Waals surface area contributed by atoms with Gasteiger partial charge in [-0.25, -0.2) is 4.79 Å². The Morgan fingerprint density at radius 1 is 0.933 bits per heavy atom. The molecule has 9 heteroatoms. The number of esters is 1. The Hall–Kier alpha value is -3.76. The van der Waals surface area contributed by atoms with Crippen LogP contribution in [0.3, 0.4) is 0 Å². The normalized spacial score (nSPS) is 23.8. The van der Waals surface area contributed by atoms with Gasteiger partial charge in [-0.1, -0.05) is 73.7 Å². The van der Waals surface area contributed by atoms with Crippen LogP contribution in [0.15, 0.2) is 78.9 Å². The monoisotopic (exact) mass is 615 g/mol. The van der Waals surface area contributed by atoms with Gasteiger partial charge in [0, 0.05) is 30.3 Å². The summed E-state index contributed by atoms with van der Waals surface area (Å²) in [5, 5.41) is 15.3. The Morgan fingerprint density at radius 2 is 1.62 bits per heavy atom. The van der Waals surface area contributed by atoms with Crippen LogP contribution in [0.4, 0.5) is 10.5 Å². The molecule has 2 fully saturated rings. The molecule has 3 aromatic rings. The van der Waals surface area contributed by atoms with E-state index in [0.717, 1.165) is 41.6 Å². The lowest BCUT2D eigenvalue weighted by atomic mass is 9.90. The van der Waals surface area contributed by atoms with Gasteiger partial charge in [-0.05, 0) is 69.0 Å². The Morgan fingerprint density at radius 3 is 2.29 bits per heavy atom. The molecule has 240 valence electrons. The number of carbonyl (C=O) groups excluding carboxylic acids is 2. The van der Waals surface area contributed by atoms with E-state index in [2.05, 4.69) is 22.5 Å². The van der Waals surface area contributed by atoms with Gasteiger partial charge in [-0.3, -0.25) is 9.69 Å². The molecule has 0 unspecified atom stereocenters. The van der Waals surface area contributed by atoms with Crippen LogP contribution in [0.5, 0.6) is 0 Å². The van der Waals surface area contributed by atoms with Gasteiger partial charge in [0.05, 0.1) is 18.8 Å². The molecule has 5 rings (SSSR count). The lowest BCUT2D eigenvalue weighted by molar-refractivity contribution is -0.276. The van der Waals surface area contributed by atoms with E-state index in [1.807, 2.05) is 99.6 Å². The number of aliphatic hydroxyl groups is 1. The third-order valence-electron chi connectivity index (χ3n) is 8.32. The van der Waals surface area contributed by atoms with Gasteiger partial charge in [-0.2, -0.15) is 0 Å². The minimum Gasteiger partial charge on any atom is -0.459 e. The van der Waals surface area contributed by atoms with Crippen LogP contribution < -0.4 is 10.6 Å². The van der Waals surface area contributed by atoms with E-state index in [9.17, 15) is 14.7 Å². The summed E-state index contributed by atoms with van der Waals surface area (Å²) < 4.78 is 19.0. The predicted octanol–water partition coefficient (Wildman–Crippen LogP) is 6.10. The fourth-order valence-corrected chi connectivity index (χ4v) is 5.92. The van der Waals surface area contributed by atoms with Crippen molar-refractivity contribution in [3.8, 4) is 0 Å². The fraction of sp³-hybridized carbons (Fsp3) is 0.444. The molecule has 3 aromatic carbocycles. The second-order valence-corrected chi connectivity index (χ2v) is 12.9. The van der Waals surface area contributed by atoms with Crippen molar-refractivity contribution in [2.24, 2.45) is 5.92 Å². The van der Waals surface area contributed by atoms with E-state index in [-0.39, 0.29) is 42.8 Å². The van der Waals surface area contributed by atoms with Crippen molar-refractivity contribution >= 4 is 17.7 Å². The molecule has 2 aliphatic heterocycles. The number of nitrogens with one attached hydrogen (secondary N) is 2. The molecule has 9 nitrogen and oxygen atoms in total. The zero-order valence-corrected chi connectivity index (χ0v) is 26.6. The molecule has 2 heterocycles. The predicted molar refractivity (Wildman–Crippen MR) is 172 cm³/mol. The van der Waals surface area contributed by atoms with Gasteiger partial charge in [0.2, 0.25) is 0 Å². The van der Waals surface area contributed by atoms with Gasteiger partial charge in [0.25, 0.3) is 0 Å². The van der Waals surface area contributed by atoms with Crippen molar-refractivity contribution in [1.82, 2.24) is 10.2 Å². The number of likely N-dealkylation sites (tertiary alicyclic amines) is 1. The van der Waals surface area contributed by atoms with Crippen molar-refractivity contribution < 1.29 is 28.9 Å². The average Bonchev–Trinajstić information content (AvgIpc) is 3.50. The molecule has 5 atom stereocenters. The maximum Gasteiger partial charge on any atom is 0.323 e. The van der Waals surface area contributed by atoms with E-state index in [0.29, 0.717) is 18.8 Å². The largest absolute Gasteiger partial charge is 0.459 e. The summed E-state index contributed by atoms with van der Waals surface area (Å²) >= 11 is 0. The topological polar surface area (TPSA) is 109 Å². The third kappa shape index (κ3) is 8.70. The molecule has 3 N–H and O–H groups in total. The number of aliphatic hydroxyl groups excluding tert-OH is 1. The zero-order valence-electron chi connectivity index (χ0n) is 26.6. The van der Waals surface area contributed by atoms with E-state index < -0.39 is 11.9 Å². The van der Waals surface area contributed by atoms with Crippen LogP contribution in [0, 0.1) is 5.92 Å². The molecular weight excluding hydrogens is 570 g/mol. The third-order valence-corrected chi connectivity index (χ3v) is 8.32. The number of carbonyl (C=O) groups is 2. The number of ether oxygens (including phenoxy) is 3. The molecule has 0 spiro atoms. The smallest absolute Gasteiger partial charge is 0.323 e. The van der Waals surface area contributed by atoms with Crippen LogP contribution in [0.1, 0.15) is 75.2 Å². The first kappa shape index (κ1) is 32.6. The van der Waals surface area contributed by atoms with Crippen molar-refractivity contribution in [1.29, 1.82) is 0 Å². The van der Waals surface area contributed by atoms with Crippen LogP contribution in [0.25, 0.3) is 0 Å². The highest BCUT2D eigenvalue weighted by atomic mass is 16.7. The Bertz CT molecular complexity index is 1410. The molecule has 0 aliphatic carbocycles. The maximum atomic E-state index is 13.1. The second-order valence-electron chi connectivity index (χ2n) is 12.9. The number of urea groups is 1. The fourth-order valence-electron chi connectivity index (χ4n) is 5.92. The number of hydrogen-bond donors (Lipinski definition) is 3. The number of rotatable bonds is 9. The molecule has 2 amide bonds. The highest BCUT2D eigenvalue weighted by Gasteiger charge is 2.42. The van der Waals surface area contributed by atoms with Crippen LogP contribution >= 0.6 is 0 Å². The first-order valence-electron chi connectivity index (χ1n) is 15.8. The molecule has 0 radical (unpaired) electrons. The summed E-state index contributed by atoms with van der Waals surface area (Å²) in [4.78, 5) is 27.7. The number of benzene rings is 3. The van der Waals surface area contributed by atoms with Crippen LogP contribution in [-0.4, -0.2) is 52.8 Å². The van der Waals surface area contributed by atoms with Gasteiger partial charge in [0.1, 0.15) is 11.6 Å². The first-order valence-corrected chi connectivity index (χ1v) is 15.8. The molecule has 0 aromatic heterocycles. The Kier molecular flexibility index (Phi) is 10.6. The maximum absolute atomic E-state index is 13.1. The van der Waals surface area contributed by atoms with Gasteiger partial charge in [0.15, 0.2) is 6.29 Å². The summed E-state index contributed by atoms with van der Waals surface area (Å²) in [6.45, 7) is 9.56. The van der Waals surface area contributed by atoms with E-state index in [1.165, 1.54) is 0 Å². The Balaban J connectivity index is 1.30. The number of amides is 2. The quantitative estimate of drug-likeness (QED) is 0.250. The highest BCUT2D eigenvalue weighted by molar-refractivity contribution is 5.89. The second kappa shape index (κ2) is 14.6. The lowest BCUT2D eigenvalue weighted by Crippen LogP contribution is -2.48. The zero-order chi connectivity index (χ0) is 32.0. The Labute approximate surface area is 265 Å². The van der Waals surface area contributed by atoms with Crippen LogP contribution in [0.2, 0.25) is 0 Å². The average molecular weight is 616 g/mol. The molecule has 2 saturated heterocycles. The van der Waals surface area contributed by atoms with Crippen molar-refractivity contribution in [3.05, 3.63) is 101 Å². The number of nitrogens with zero attached hydrogens (tertiary/aromatic N) is 1. The minimum absolute atomic E-state index is 0.0182. The van der Waals surface area contributed by atoms with E-state index in [4.69, 9.17) is 14.2 Å². The molecule has 2 aliphatic rings. The standard InChI is InChI=1S/C36H45N3O6/c1-24-31(22-39-20-8-11-30(39)33(41)45-36(2,3)4)43-34(44-32(24)27-14-12-26(23-40)13-15-27)28-16-18-29(19-17-28)38-35(42)37-21-25-9-6-5-7-10-25/h5-7,9-10,12-19,24,30-32,34,40H,8,11,20-23H2,1-4H3,(H2,37,38,42)/t24-,30-,31+,32+,34+/m0/s1. The summed E-state index contributed by atoms with van der Waals surface area (Å²) in [7, 11) is 0. The van der Waals surface area contributed by atoms with E-state index >= 15 is 0 Å². The number of anilines is 1. The van der Waals surface area contributed by atoms with Crippen molar-refractivity contribution in [2.45, 2.75) is 83.8 Å².